The molecule has 138 valence electrons. The summed E-state index contributed by atoms with van der Waals surface area (Å²) in [5, 5.41) is 5.36. The van der Waals surface area contributed by atoms with E-state index < -0.39 is 11.7 Å². The molecule has 0 atom stereocenters. The number of benzene rings is 1. The van der Waals surface area contributed by atoms with Gasteiger partial charge in [0.2, 0.25) is 5.95 Å². The second kappa shape index (κ2) is 7.81. The minimum atomic E-state index is -4.44. The zero-order valence-electron chi connectivity index (χ0n) is 13.9. The lowest BCUT2D eigenvalue weighted by molar-refractivity contribution is -0.137. The topological polar surface area (TPSA) is 79.8 Å². The van der Waals surface area contributed by atoms with E-state index in [1.165, 1.54) is 24.5 Å². The van der Waals surface area contributed by atoms with Gasteiger partial charge < -0.3 is 10.6 Å². The van der Waals surface area contributed by atoms with Crippen LogP contribution in [0.1, 0.15) is 21.6 Å². The number of nitrogens with one attached hydrogen (secondary N) is 2. The number of hydrogen-bond acceptors (Lipinski definition) is 5. The lowest BCUT2D eigenvalue weighted by Gasteiger charge is -2.10. The van der Waals surface area contributed by atoms with E-state index in [9.17, 15) is 18.0 Å². The first-order chi connectivity index (χ1) is 12.9. The van der Waals surface area contributed by atoms with Crippen LogP contribution in [0.25, 0.3) is 0 Å². The van der Waals surface area contributed by atoms with Crippen LogP contribution >= 0.6 is 0 Å². The standard InChI is InChI=1S/C18H14F3N5O/c19-18(20,21)13-4-3-6-14(8-13)26-17-24-9-12(10-25-17)16(27)23-11-15-5-1-2-7-22-15/h1-10H,11H2,(H,23,27)(H,24,25,26). The van der Waals surface area contributed by atoms with E-state index in [0.717, 1.165) is 12.1 Å². The van der Waals surface area contributed by atoms with Gasteiger partial charge in [-0.1, -0.05) is 12.1 Å². The quantitative estimate of drug-likeness (QED) is 0.715. The minimum Gasteiger partial charge on any atom is -0.346 e. The first-order valence-corrected chi connectivity index (χ1v) is 7.86. The highest BCUT2D eigenvalue weighted by molar-refractivity contribution is 5.93. The van der Waals surface area contributed by atoms with E-state index in [1.54, 1.807) is 18.3 Å². The van der Waals surface area contributed by atoms with Crippen LogP contribution in [0.5, 0.6) is 0 Å². The van der Waals surface area contributed by atoms with Gasteiger partial charge >= 0.3 is 6.18 Å². The highest BCUT2D eigenvalue weighted by atomic mass is 19.4. The number of carbonyl (C=O) groups is 1. The zero-order valence-corrected chi connectivity index (χ0v) is 13.9. The van der Waals surface area contributed by atoms with E-state index in [4.69, 9.17) is 0 Å². The van der Waals surface area contributed by atoms with Gasteiger partial charge in [-0.3, -0.25) is 9.78 Å². The lowest BCUT2D eigenvalue weighted by Crippen LogP contribution is -2.23. The predicted octanol–water partition coefficient (Wildman–Crippen LogP) is 3.56. The Morgan fingerprint density at radius 2 is 1.78 bits per heavy atom. The molecule has 0 saturated heterocycles. The van der Waals surface area contributed by atoms with Crippen molar-refractivity contribution in [3.05, 3.63) is 77.9 Å². The third-order valence-electron chi connectivity index (χ3n) is 3.52. The smallest absolute Gasteiger partial charge is 0.346 e. The normalized spacial score (nSPS) is 11.1. The molecule has 3 rings (SSSR count). The Balaban J connectivity index is 1.62. The zero-order chi connectivity index (χ0) is 19.3. The molecule has 3 aromatic rings. The van der Waals surface area contributed by atoms with Crippen LogP contribution in [0.3, 0.4) is 0 Å². The van der Waals surface area contributed by atoms with Gasteiger partial charge in [0.25, 0.3) is 5.91 Å². The summed E-state index contributed by atoms with van der Waals surface area (Å²) in [5.74, 6) is -0.304. The molecular weight excluding hydrogens is 359 g/mol. The Hall–Kier alpha value is -3.49. The van der Waals surface area contributed by atoms with E-state index in [0.29, 0.717) is 5.69 Å². The van der Waals surface area contributed by atoms with Gasteiger partial charge in [0, 0.05) is 24.3 Å². The molecule has 9 heteroatoms. The van der Waals surface area contributed by atoms with Crippen LogP contribution < -0.4 is 10.6 Å². The summed E-state index contributed by atoms with van der Waals surface area (Å²) in [4.78, 5) is 24.1. The molecule has 0 aliphatic carbocycles. The second-order valence-corrected chi connectivity index (χ2v) is 5.50. The number of amides is 1. The number of carbonyl (C=O) groups excluding carboxylic acids is 1. The van der Waals surface area contributed by atoms with Crippen molar-refractivity contribution in [2.75, 3.05) is 5.32 Å². The van der Waals surface area contributed by atoms with Crippen molar-refractivity contribution < 1.29 is 18.0 Å². The molecule has 27 heavy (non-hydrogen) atoms. The Kier molecular flexibility index (Phi) is 5.30. The van der Waals surface area contributed by atoms with E-state index in [-0.39, 0.29) is 29.7 Å². The van der Waals surface area contributed by atoms with Gasteiger partial charge in [0.1, 0.15) is 0 Å². The average molecular weight is 373 g/mol. The van der Waals surface area contributed by atoms with E-state index in [1.807, 2.05) is 6.07 Å². The molecule has 0 unspecified atom stereocenters. The Bertz CT molecular complexity index is 914. The molecule has 1 aromatic carbocycles. The van der Waals surface area contributed by atoms with Crippen LogP contribution in [-0.4, -0.2) is 20.9 Å². The van der Waals surface area contributed by atoms with Gasteiger partial charge in [-0.25, -0.2) is 9.97 Å². The van der Waals surface area contributed by atoms with Crippen LogP contribution in [0.4, 0.5) is 24.8 Å². The Labute approximate surface area is 152 Å². The number of aromatic nitrogens is 3. The highest BCUT2D eigenvalue weighted by Crippen LogP contribution is 2.31. The second-order valence-electron chi connectivity index (χ2n) is 5.50. The summed E-state index contributed by atoms with van der Waals surface area (Å²) in [7, 11) is 0. The molecule has 2 aromatic heterocycles. The minimum absolute atomic E-state index is 0.0793. The summed E-state index contributed by atoms with van der Waals surface area (Å²) >= 11 is 0. The van der Waals surface area contributed by atoms with Crippen molar-refractivity contribution in [3.63, 3.8) is 0 Å². The lowest BCUT2D eigenvalue weighted by atomic mass is 10.2. The highest BCUT2D eigenvalue weighted by Gasteiger charge is 2.30. The number of pyridine rings is 1. The number of alkyl halides is 3. The van der Waals surface area contributed by atoms with Crippen molar-refractivity contribution in [2.45, 2.75) is 12.7 Å². The van der Waals surface area contributed by atoms with Gasteiger partial charge in [0.15, 0.2) is 0 Å². The van der Waals surface area contributed by atoms with Crippen LogP contribution in [0.15, 0.2) is 61.1 Å². The summed E-state index contributed by atoms with van der Waals surface area (Å²) in [6, 6.07) is 10.0. The molecule has 0 radical (unpaired) electrons. The molecule has 2 heterocycles. The maximum Gasteiger partial charge on any atom is 0.416 e. The largest absolute Gasteiger partial charge is 0.416 e. The molecular formula is C18H14F3N5O. The number of nitrogens with zero attached hydrogens (tertiary/aromatic N) is 3. The molecule has 2 N–H and O–H groups in total. The third-order valence-corrected chi connectivity index (χ3v) is 3.52. The fourth-order valence-electron chi connectivity index (χ4n) is 2.19. The van der Waals surface area contributed by atoms with Crippen molar-refractivity contribution in [1.29, 1.82) is 0 Å². The van der Waals surface area contributed by atoms with Crippen molar-refractivity contribution >= 4 is 17.5 Å². The van der Waals surface area contributed by atoms with Gasteiger partial charge in [-0.05, 0) is 30.3 Å². The van der Waals surface area contributed by atoms with Gasteiger partial charge in [0.05, 0.1) is 23.4 Å². The molecule has 0 saturated carbocycles. The fraction of sp³-hybridized carbons (Fsp3) is 0.111. The maximum atomic E-state index is 12.7. The van der Waals surface area contributed by atoms with E-state index in [2.05, 4.69) is 25.6 Å². The molecule has 1 amide bonds. The van der Waals surface area contributed by atoms with Crippen molar-refractivity contribution in [1.82, 2.24) is 20.3 Å². The van der Waals surface area contributed by atoms with E-state index >= 15 is 0 Å². The molecule has 6 nitrogen and oxygen atoms in total. The number of rotatable bonds is 5. The van der Waals surface area contributed by atoms with Crippen LogP contribution in [-0.2, 0) is 12.7 Å². The summed E-state index contributed by atoms with van der Waals surface area (Å²) < 4.78 is 38.2. The van der Waals surface area contributed by atoms with Gasteiger partial charge in [-0.15, -0.1) is 0 Å². The average Bonchev–Trinajstić information content (AvgIpc) is 2.67. The first kappa shape index (κ1) is 18.3. The fourth-order valence-corrected chi connectivity index (χ4v) is 2.19. The third kappa shape index (κ3) is 5.00. The number of halogens is 3. The summed E-state index contributed by atoms with van der Waals surface area (Å²) in [5.41, 5.74) is 0.338. The monoisotopic (exact) mass is 373 g/mol. The van der Waals surface area contributed by atoms with Crippen molar-refractivity contribution in [3.8, 4) is 0 Å². The van der Waals surface area contributed by atoms with Crippen LogP contribution in [0.2, 0.25) is 0 Å². The molecule has 0 aliphatic rings. The predicted molar refractivity (Wildman–Crippen MR) is 92.2 cm³/mol. The molecule has 0 aliphatic heterocycles. The van der Waals surface area contributed by atoms with Crippen LogP contribution in [0, 0.1) is 0 Å². The number of anilines is 2. The Morgan fingerprint density at radius 1 is 1.00 bits per heavy atom. The Morgan fingerprint density at radius 3 is 2.44 bits per heavy atom. The SMILES string of the molecule is O=C(NCc1ccccn1)c1cnc(Nc2cccc(C(F)(F)F)c2)nc1. The summed E-state index contributed by atoms with van der Waals surface area (Å²) in [6.07, 6.45) is -0.236. The molecule has 0 spiro atoms. The first-order valence-electron chi connectivity index (χ1n) is 7.86. The maximum absolute atomic E-state index is 12.7. The molecule has 0 bridgehead atoms. The van der Waals surface area contributed by atoms with Crippen molar-refractivity contribution in [2.24, 2.45) is 0 Å². The van der Waals surface area contributed by atoms with Gasteiger partial charge in [-0.2, -0.15) is 13.2 Å². The number of hydrogen-bond donors (Lipinski definition) is 2. The molecule has 0 fully saturated rings. The summed E-state index contributed by atoms with van der Waals surface area (Å²) in [6.45, 7) is 0.254.